The maximum absolute atomic E-state index is 12.1. The van der Waals surface area contributed by atoms with E-state index in [1.165, 1.54) is 13.1 Å². The molecule has 1 aromatic heterocycles. The molecular formula is C18H16N4O2. The predicted molar refractivity (Wildman–Crippen MR) is 89.8 cm³/mol. The van der Waals surface area contributed by atoms with E-state index < -0.39 is 5.91 Å². The smallest absolute Gasteiger partial charge is 0.267 e. The summed E-state index contributed by atoms with van der Waals surface area (Å²) in [6.07, 6.45) is 4.70. The van der Waals surface area contributed by atoms with Gasteiger partial charge in [0.15, 0.2) is 5.78 Å². The number of Topliss-reactive ketones (excluding diaryl/α,β-unsaturated/α-hetero) is 1. The second-order valence-corrected chi connectivity index (χ2v) is 5.00. The first-order valence-electron chi connectivity index (χ1n) is 7.25. The van der Waals surface area contributed by atoms with Gasteiger partial charge in [-0.2, -0.15) is 5.26 Å². The van der Waals surface area contributed by atoms with Crippen molar-refractivity contribution >= 4 is 17.4 Å². The molecule has 0 aliphatic rings. The Kier molecular flexibility index (Phi) is 5.81. The van der Waals surface area contributed by atoms with Crippen LogP contribution in [0.4, 0.5) is 5.69 Å². The Morgan fingerprint density at radius 2 is 2.00 bits per heavy atom. The lowest BCUT2D eigenvalue weighted by molar-refractivity contribution is -0.112. The Bertz CT molecular complexity index is 807. The number of aromatic nitrogens is 1. The summed E-state index contributed by atoms with van der Waals surface area (Å²) in [5.74, 6) is -0.637. The summed E-state index contributed by atoms with van der Waals surface area (Å²) in [4.78, 5) is 27.4. The number of carbonyl (C=O) groups is 2. The fraction of sp³-hybridized carbons (Fsp3) is 0.111. The number of benzene rings is 1. The van der Waals surface area contributed by atoms with Gasteiger partial charge in [-0.15, -0.1) is 0 Å². The molecular weight excluding hydrogens is 304 g/mol. The lowest BCUT2D eigenvalue weighted by atomic mass is 10.1. The molecule has 0 fully saturated rings. The van der Waals surface area contributed by atoms with Crippen molar-refractivity contribution in [2.75, 3.05) is 5.32 Å². The van der Waals surface area contributed by atoms with Crippen molar-refractivity contribution in [3.05, 3.63) is 71.7 Å². The van der Waals surface area contributed by atoms with Gasteiger partial charge in [-0.05, 0) is 36.8 Å². The molecule has 1 heterocycles. The summed E-state index contributed by atoms with van der Waals surface area (Å²) >= 11 is 0. The molecule has 2 N–H and O–H groups in total. The Morgan fingerprint density at radius 1 is 1.25 bits per heavy atom. The number of carbonyl (C=O) groups excluding carboxylic acids is 2. The second kappa shape index (κ2) is 8.25. The lowest BCUT2D eigenvalue weighted by Gasteiger charge is -2.06. The monoisotopic (exact) mass is 320 g/mol. The molecule has 0 bridgehead atoms. The fourth-order valence-corrected chi connectivity index (χ4v) is 1.93. The van der Waals surface area contributed by atoms with Crippen LogP contribution in [0.25, 0.3) is 0 Å². The SMILES string of the molecule is CC(=O)c1cccc(NC(=O)/C(C#N)=C\NCc2ccncc2)c1. The number of pyridine rings is 1. The van der Waals surface area contributed by atoms with Crippen LogP contribution >= 0.6 is 0 Å². The Hall–Kier alpha value is -3.46. The quantitative estimate of drug-likeness (QED) is 0.484. The minimum Gasteiger partial charge on any atom is -0.386 e. The van der Waals surface area contributed by atoms with Gasteiger partial charge in [-0.1, -0.05) is 12.1 Å². The van der Waals surface area contributed by atoms with Crippen LogP contribution in [0.5, 0.6) is 0 Å². The number of anilines is 1. The van der Waals surface area contributed by atoms with E-state index in [0.717, 1.165) is 5.56 Å². The third-order valence-corrected chi connectivity index (χ3v) is 3.19. The molecule has 2 rings (SSSR count). The zero-order valence-corrected chi connectivity index (χ0v) is 13.1. The fourth-order valence-electron chi connectivity index (χ4n) is 1.93. The molecule has 1 aromatic carbocycles. The van der Waals surface area contributed by atoms with Crippen molar-refractivity contribution in [2.24, 2.45) is 0 Å². The number of amides is 1. The standard InChI is InChI=1S/C18H16N4O2/c1-13(23)15-3-2-4-17(9-15)22-18(24)16(10-19)12-21-11-14-5-7-20-8-6-14/h2-9,12,21H,11H2,1H3,(H,22,24)/b16-12-. The van der Waals surface area contributed by atoms with Crippen molar-refractivity contribution < 1.29 is 9.59 Å². The first kappa shape index (κ1) is 16.9. The van der Waals surface area contributed by atoms with E-state index >= 15 is 0 Å². The van der Waals surface area contributed by atoms with Crippen LogP contribution in [0.3, 0.4) is 0 Å². The second-order valence-electron chi connectivity index (χ2n) is 5.00. The van der Waals surface area contributed by atoms with Gasteiger partial charge < -0.3 is 10.6 Å². The van der Waals surface area contributed by atoms with Crippen LogP contribution in [-0.4, -0.2) is 16.7 Å². The molecule has 0 unspecified atom stereocenters. The minimum absolute atomic E-state index is 0.0581. The summed E-state index contributed by atoms with van der Waals surface area (Å²) < 4.78 is 0. The van der Waals surface area contributed by atoms with Gasteiger partial charge >= 0.3 is 0 Å². The highest BCUT2D eigenvalue weighted by Gasteiger charge is 2.10. The molecule has 1 amide bonds. The number of hydrogen-bond acceptors (Lipinski definition) is 5. The van der Waals surface area contributed by atoms with E-state index in [-0.39, 0.29) is 11.4 Å². The maximum Gasteiger partial charge on any atom is 0.267 e. The van der Waals surface area contributed by atoms with Gasteiger partial charge in [0.1, 0.15) is 11.6 Å². The third-order valence-electron chi connectivity index (χ3n) is 3.19. The van der Waals surface area contributed by atoms with Gasteiger partial charge in [0.25, 0.3) is 5.91 Å². The van der Waals surface area contributed by atoms with E-state index in [4.69, 9.17) is 5.26 Å². The van der Waals surface area contributed by atoms with E-state index in [2.05, 4.69) is 15.6 Å². The molecule has 0 saturated carbocycles. The van der Waals surface area contributed by atoms with Gasteiger partial charge in [0.05, 0.1) is 0 Å². The molecule has 0 radical (unpaired) electrons. The number of hydrogen-bond donors (Lipinski definition) is 2. The molecule has 0 saturated heterocycles. The van der Waals surface area contributed by atoms with Gasteiger partial charge in [-0.25, -0.2) is 0 Å². The van der Waals surface area contributed by atoms with Gasteiger partial charge in [0.2, 0.25) is 0 Å². The van der Waals surface area contributed by atoms with Crippen LogP contribution < -0.4 is 10.6 Å². The highest BCUT2D eigenvalue weighted by atomic mass is 16.1. The Labute approximate surface area is 139 Å². The van der Waals surface area contributed by atoms with Crippen LogP contribution in [0.2, 0.25) is 0 Å². The largest absolute Gasteiger partial charge is 0.386 e. The van der Waals surface area contributed by atoms with Crippen LogP contribution in [0.1, 0.15) is 22.8 Å². The maximum atomic E-state index is 12.1. The number of ketones is 1. The number of rotatable bonds is 6. The Morgan fingerprint density at radius 3 is 2.67 bits per heavy atom. The minimum atomic E-state index is -0.541. The molecule has 2 aromatic rings. The van der Waals surface area contributed by atoms with Crippen molar-refractivity contribution in [1.82, 2.24) is 10.3 Å². The van der Waals surface area contributed by atoms with E-state index in [1.54, 1.807) is 36.7 Å². The third kappa shape index (κ3) is 4.78. The highest BCUT2D eigenvalue weighted by Crippen LogP contribution is 2.12. The van der Waals surface area contributed by atoms with Crippen molar-refractivity contribution in [1.29, 1.82) is 5.26 Å². The van der Waals surface area contributed by atoms with Gasteiger partial charge in [-0.3, -0.25) is 14.6 Å². The van der Waals surface area contributed by atoms with E-state index in [0.29, 0.717) is 17.8 Å². The summed E-state index contributed by atoms with van der Waals surface area (Å²) in [6, 6.07) is 12.1. The normalized spacial score (nSPS) is 10.6. The molecule has 120 valence electrons. The summed E-state index contributed by atoms with van der Waals surface area (Å²) in [7, 11) is 0. The predicted octanol–water partition coefficient (Wildman–Crippen LogP) is 2.42. The lowest BCUT2D eigenvalue weighted by Crippen LogP contribution is -2.16. The average molecular weight is 320 g/mol. The first-order chi connectivity index (χ1) is 11.6. The summed E-state index contributed by atoms with van der Waals surface area (Å²) in [5, 5.41) is 14.7. The topological polar surface area (TPSA) is 94.9 Å². The van der Waals surface area contributed by atoms with Gasteiger partial charge in [0, 0.05) is 36.4 Å². The zero-order valence-electron chi connectivity index (χ0n) is 13.1. The van der Waals surface area contributed by atoms with Crippen LogP contribution in [0, 0.1) is 11.3 Å². The molecule has 6 nitrogen and oxygen atoms in total. The van der Waals surface area contributed by atoms with E-state index in [1.807, 2.05) is 18.2 Å². The number of nitrogens with one attached hydrogen (secondary N) is 2. The average Bonchev–Trinajstić information content (AvgIpc) is 2.59. The number of nitriles is 1. The molecule has 0 spiro atoms. The van der Waals surface area contributed by atoms with E-state index in [9.17, 15) is 9.59 Å². The van der Waals surface area contributed by atoms with Crippen molar-refractivity contribution in [2.45, 2.75) is 13.5 Å². The first-order valence-corrected chi connectivity index (χ1v) is 7.25. The van der Waals surface area contributed by atoms with Crippen LogP contribution in [0.15, 0.2) is 60.6 Å². The Balaban J connectivity index is 2.01. The molecule has 0 atom stereocenters. The van der Waals surface area contributed by atoms with Crippen molar-refractivity contribution in [3.8, 4) is 6.07 Å². The molecule has 24 heavy (non-hydrogen) atoms. The van der Waals surface area contributed by atoms with Crippen LogP contribution in [-0.2, 0) is 11.3 Å². The summed E-state index contributed by atoms with van der Waals surface area (Å²) in [6.45, 7) is 1.92. The highest BCUT2D eigenvalue weighted by molar-refractivity contribution is 6.07. The number of nitrogens with zero attached hydrogens (tertiary/aromatic N) is 2. The van der Waals surface area contributed by atoms with Crippen molar-refractivity contribution in [3.63, 3.8) is 0 Å². The molecule has 0 aliphatic heterocycles. The summed E-state index contributed by atoms with van der Waals surface area (Å²) in [5.41, 5.74) is 1.87. The molecule has 6 heteroatoms. The zero-order chi connectivity index (χ0) is 17.4. The molecule has 0 aliphatic carbocycles.